The molecule has 0 aliphatic heterocycles. The molecule has 6 heteroatoms. The van der Waals surface area contributed by atoms with E-state index in [0.29, 0.717) is 18.1 Å². The predicted octanol–water partition coefficient (Wildman–Crippen LogP) is 2.27. The number of H-pyrrole nitrogens is 1. The lowest BCUT2D eigenvalue weighted by molar-refractivity contribution is 0.281. The largest absolute Gasteiger partial charge is 0.392 e. The summed E-state index contributed by atoms with van der Waals surface area (Å²) in [6, 6.07) is 6.88. The molecule has 23 heavy (non-hydrogen) atoms. The topological polar surface area (TPSA) is 87.1 Å². The molecular formula is C17H23N3O3. The number of benzene rings is 1. The second-order valence-corrected chi connectivity index (χ2v) is 5.61. The number of anilines is 2. The van der Waals surface area contributed by atoms with Crippen LogP contribution < -0.4 is 16.6 Å². The number of aliphatic hydroxyl groups is 1. The third-order valence-corrected chi connectivity index (χ3v) is 3.80. The van der Waals surface area contributed by atoms with Gasteiger partial charge in [-0.2, -0.15) is 0 Å². The first-order valence-electron chi connectivity index (χ1n) is 7.86. The molecule has 0 fully saturated rings. The van der Waals surface area contributed by atoms with Crippen molar-refractivity contribution in [1.82, 2.24) is 9.55 Å². The molecule has 0 aliphatic carbocycles. The molecule has 0 saturated carbocycles. The lowest BCUT2D eigenvalue weighted by Gasteiger charge is -2.10. The molecule has 2 aromatic rings. The van der Waals surface area contributed by atoms with Crippen LogP contribution in [0.25, 0.3) is 0 Å². The van der Waals surface area contributed by atoms with Crippen LogP contribution in [0.2, 0.25) is 0 Å². The van der Waals surface area contributed by atoms with Crippen molar-refractivity contribution in [1.29, 1.82) is 0 Å². The molecule has 1 aromatic heterocycles. The smallest absolute Gasteiger partial charge is 0.329 e. The van der Waals surface area contributed by atoms with E-state index in [-0.39, 0.29) is 12.2 Å². The molecule has 1 heterocycles. The number of aliphatic hydroxyl groups excluding tert-OH is 1. The Labute approximate surface area is 134 Å². The lowest BCUT2D eigenvalue weighted by Crippen LogP contribution is -2.35. The Morgan fingerprint density at radius 3 is 2.65 bits per heavy atom. The lowest BCUT2D eigenvalue weighted by atomic mass is 10.1. The summed E-state index contributed by atoms with van der Waals surface area (Å²) >= 11 is 0. The second-order valence-electron chi connectivity index (χ2n) is 5.61. The molecule has 0 atom stereocenters. The highest BCUT2D eigenvalue weighted by Gasteiger charge is 2.05. The van der Waals surface area contributed by atoms with E-state index in [9.17, 15) is 14.7 Å². The second kappa shape index (κ2) is 7.78. The van der Waals surface area contributed by atoms with Gasteiger partial charge in [0, 0.05) is 18.3 Å². The maximum atomic E-state index is 12.1. The average Bonchev–Trinajstić information content (AvgIpc) is 2.52. The van der Waals surface area contributed by atoms with Gasteiger partial charge in [-0.1, -0.05) is 25.8 Å². The van der Waals surface area contributed by atoms with Crippen LogP contribution in [0.5, 0.6) is 0 Å². The molecule has 0 radical (unpaired) electrons. The third-order valence-electron chi connectivity index (χ3n) is 3.80. The number of aromatic nitrogens is 2. The monoisotopic (exact) mass is 317 g/mol. The highest BCUT2D eigenvalue weighted by molar-refractivity contribution is 5.57. The van der Waals surface area contributed by atoms with Crippen LogP contribution in [0.1, 0.15) is 37.3 Å². The Morgan fingerprint density at radius 2 is 2.00 bits per heavy atom. The first-order chi connectivity index (χ1) is 11.0. The normalized spacial score (nSPS) is 10.7. The molecule has 0 saturated heterocycles. The number of nitrogens with one attached hydrogen (secondary N) is 2. The molecule has 0 amide bonds. The van der Waals surface area contributed by atoms with Gasteiger partial charge in [0.1, 0.15) is 5.82 Å². The van der Waals surface area contributed by atoms with Crippen LogP contribution in [0.15, 0.2) is 33.9 Å². The SMILES string of the molecule is CCCCCn1c(=O)cc(Nc2ccc(C)c(CO)c2)[nH]c1=O. The van der Waals surface area contributed by atoms with E-state index in [1.54, 1.807) is 6.07 Å². The number of hydrogen-bond donors (Lipinski definition) is 3. The maximum absolute atomic E-state index is 12.1. The van der Waals surface area contributed by atoms with Crippen LogP contribution in [0.4, 0.5) is 11.5 Å². The molecule has 2 rings (SSSR count). The summed E-state index contributed by atoms with van der Waals surface area (Å²) in [7, 11) is 0. The average molecular weight is 317 g/mol. The number of hydrogen-bond acceptors (Lipinski definition) is 4. The van der Waals surface area contributed by atoms with E-state index in [1.165, 1.54) is 10.6 Å². The summed E-state index contributed by atoms with van der Waals surface area (Å²) in [5.74, 6) is 0.347. The van der Waals surface area contributed by atoms with Crippen molar-refractivity contribution >= 4 is 11.5 Å². The van der Waals surface area contributed by atoms with Gasteiger partial charge in [-0.15, -0.1) is 0 Å². The Balaban J connectivity index is 2.21. The molecule has 124 valence electrons. The summed E-state index contributed by atoms with van der Waals surface area (Å²) in [5.41, 5.74) is 1.76. The zero-order valence-electron chi connectivity index (χ0n) is 13.6. The van der Waals surface area contributed by atoms with Gasteiger partial charge < -0.3 is 10.4 Å². The molecule has 6 nitrogen and oxygen atoms in total. The van der Waals surface area contributed by atoms with Gasteiger partial charge in [-0.05, 0) is 36.6 Å². The quantitative estimate of drug-likeness (QED) is 0.684. The minimum absolute atomic E-state index is 0.0586. The van der Waals surface area contributed by atoms with Crippen LogP contribution in [0.3, 0.4) is 0 Å². The van der Waals surface area contributed by atoms with E-state index in [2.05, 4.69) is 17.2 Å². The first kappa shape index (κ1) is 17.0. The fourth-order valence-corrected chi connectivity index (χ4v) is 2.39. The fraction of sp³-hybridized carbons (Fsp3) is 0.412. The third kappa shape index (κ3) is 4.32. The van der Waals surface area contributed by atoms with E-state index in [4.69, 9.17) is 0 Å². The molecule has 0 aliphatic rings. The first-order valence-corrected chi connectivity index (χ1v) is 7.86. The Kier molecular flexibility index (Phi) is 5.76. The zero-order valence-corrected chi connectivity index (χ0v) is 13.6. The Bertz CT molecular complexity index is 746. The molecular weight excluding hydrogens is 294 g/mol. The van der Waals surface area contributed by atoms with Crippen molar-refractivity contribution in [3.63, 3.8) is 0 Å². The van der Waals surface area contributed by atoms with Crippen LogP contribution >= 0.6 is 0 Å². The van der Waals surface area contributed by atoms with Gasteiger partial charge in [0.2, 0.25) is 0 Å². The molecule has 3 N–H and O–H groups in total. The summed E-state index contributed by atoms with van der Waals surface area (Å²) in [6.45, 7) is 4.36. The summed E-state index contributed by atoms with van der Waals surface area (Å²) in [4.78, 5) is 26.8. The number of aromatic amines is 1. The minimum Gasteiger partial charge on any atom is -0.392 e. The van der Waals surface area contributed by atoms with Crippen molar-refractivity contribution in [2.24, 2.45) is 0 Å². The van der Waals surface area contributed by atoms with Crippen LogP contribution in [-0.4, -0.2) is 14.7 Å². The van der Waals surface area contributed by atoms with Gasteiger partial charge in [0.15, 0.2) is 0 Å². The summed E-state index contributed by atoms with van der Waals surface area (Å²) in [6.07, 6.45) is 2.83. The van der Waals surface area contributed by atoms with Crippen molar-refractivity contribution in [2.75, 3.05) is 5.32 Å². The Morgan fingerprint density at radius 1 is 1.22 bits per heavy atom. The van der Waals surface area contributed by atoms with Crippen LogP contribution in [-0.2, 0) is 13.2 Å². The number of aryl methyl sites for hydroxylation is 1. The predicted molar refractivity (Wildman–Crippen MR) is 91.2 cm³/mol. The standard InChI is InChI=1S/C17H23N3O3/c1-3-4-5-8-20-16(22)10-15(19-17(20)23)18-14-7-6-12(2)13(9-14)11-21/h6-7,9-10,18,21H,3-5,8,11H2,1-2H3,(H,19,23). The van der Waals surface area contributed by atoms with Crippen molar-refractivity contribution in [3.8, 4) is 0 Å². The maximum Gasteiger partial charge on any atom is 0.329 e. The fourth-order valence-electron chi connectivity index (χ4n) is 2.39. The number of nitrogens with zero attached hydrogens (tertiary/aromatic N) is 1. The number of rotatable bonds is 7. The molecule has 0 bridgehead atoms. The van der Waals surface area contributed by atoms with Gasteiger partial charge in [0.05, 0.1) is 6.61 Å². The summed E-state index contributed by atoms with van der Waals surface area (Å²) in [5, 5.41) is 12.3. The van der Waals surface area contributed by atoms with E-state index >= 15 is 0 Å². The van der Waals surface area contributed by atoms with Crippen molar-refractivity contribution < 1.29 is 5.11 Å². The highest BCUT2D eigenvalue weighted by atomic mass is 16.3. The molecule has 0 unspecified atom stereocenters. The van der Waals surface area contributed by atoms with Crippen molar-refractivity contribution in [3.05, 3.63) is 56.2 Å². The molecule has 0 spiro atoms. The van der Waals surface area contributed by atoms with Gasteiger partial charge in [-0.25, -0.2) is 4.79 Å². The van der Waals surface area contributed by atoms with Crippen LogP contribution in [0, 0.1) is 6.92 Å². The van der Waals surface area contributed by atoms with Gasteiger partial charge in [0.25, 0.3) is 5.56 Å². The summed E-state index contributed by atoms with van der Waals surface area (Å²) < 4.78 is 1.22. The zero-order chi connectivity index (χ0) is 16.8. The molecule has 1 aromatic carbocycles. The van der Waals surface area contributed by atoms with Gasteiger partial charge >= 0.3 is 5.69 Å². The van der Waals surface area contributed by atoms with Crippen molar-refractivity contribution in [2.45, 2.75) is 46.3 Å². The number of unbranched alkanes of at least 4 members (excludes halogenated alkanes) is 2. The van der Waals surface area contributed by atoms with E-state index in [1.807, 2.05) is 19.1 Å². The van der Waals surface area contributed by atoms with Gasteiger partial charge in [-0.3, -0.25) is 14.3 Å². The highest BCUT2D eigenvalue weighted by Crippen LogP contribution is 2.17. The van der Waals surface area contributed by atoms with E-state index < -0.39 is 5.69 Å². The van der Waals surface area contributed by atoms with E-state index in [0.717, 1.165) is 30.4 Å². The Hall–Kier alpha value is -2.34. The minimum atomic E-state index is -0.411.